The van der Waals surface area contributed by atoms with E-state index in [-0.39, 0.29) is 29.3 Å². The third-order valence-electron chi connectivity index (χ3n) is 2.66. The van der Waals surface area contributed by atoms with Gasteiger partial charge in [-0.1, -0.05) is 12.1 Å². The highest BCUT2D eigenvalue weighted by Crippen LogP contribution is 2.12. The maximum Gasteiger partial charge on any atom is 0.158 e. The van der Waals surface area contributed by atoms with Crippen molar-refractivity contribution in [1.29, 1.82) is 0 Å². The van der Waals surface area contributed by atoms with Gasteiger partial charge in [0, 0.05) is 18.6 Å². The van der Waals surface area contributed by atoms with E-state index in [0.717, 1.165) is 23.8 Å². The molecule has 22 heavy (non-hydrogen) atoms. The largest absolute Gasteiger partial charge is 0.516 e. The molecule has 7 nitrogen and oxygen atoms in total. The maximum absolute atomic E-state index is 11.8. The minimum Gasteiger partial charge on any atom is -0.516 e. The lowest BCUT2D eigenvalue weighted by atomic mass is 10.1. The molecule has 2 N–H and O–H groups in total. The molecule has 0 amide bonds. The van der Waals surface area contributed by atoms with Crippen molar-refractivity contribution >= 4 is 5.78 Å². The van der Waals surface area contributed by atoms with Gasteiger partial charge in [-0.3, -0.25) is 4.79 Å². The molecule has 0 saturated carbocycles. The Morgan fingerprint density at radius 3 is 2.23 bits per heavy atom. The smallest absolute Gasteiger partial charge is 0.158 e. The molecule has 0 saturated heterocycles. The number of rotatable bonds is 8. The number of aliphatic hydroxyl groups excluding tert-OH is 1. The highest BCUT2D eigenvalue weighted by atomic mass is 16.3. The molecule has 0 aliphatic carbocycles. The molecular formula is C15H14N2O5. The number of aromatic hydroxyl groups is 1. The minimum absolute atomic E-state index is 0.136. The lowest BCUT2D eigenvalue weighted by Crippen LogP contribution is -1.97. The van der Waals surface area contributed by atoms with Crippen molar-refractivity contribution in [2.24, 2.45) is 10.4 Å². The van der Waals surface area contributed by atoms with Crippen LogP contribution in [0.2, 0.25) is 0 Å². The Bertz CT molecular complexity index is 630. The highest BCUT2D eigenvalue weighted by molar-refractivity contribution is 5.90. The van der Waals surface area contributed by atoms with Gasteiger partial charge in [-0.2, -0.15) is 0 Å². The minimum atomic E-state index is -0.350. The number of aryl methyl sites for hydroxylation is 1. The summed E-state index contributed by atoms with van der Waals surface area (Å²) in [7, 11) is 0. The molecule has 0 heterocycles. The molecule has 1 aromatic carbocycles. The Hall–Kier alpha value is -3.09. The average Bonchev–Trinajstić information content (AvgIpc) is 2.53. The standard InChI is InChI=1S/C15H14N2O5/c18-8-7-12(16-21)9-13(17-22)10-15(20)6-3-11-1-4-14(19)5-2-11/h1-2,4-5,7-10,18-19H,3,6H2/b8-7+,12-9+,13-10-. The molecule has 0 fully saturated rings. The van der Waals surface area contributed by atoms with Gasteiger partial charge in [0.05, 0.1) is 6.26 Å². The first-order chi connectivity index (χ1) is 10.6. The van der Waals surface area contributed by atoms with Crippen LogP contribution in [0, 0.1) is 9.81 Å². The molecule has 114 valence electrons. The van der Waals surface area contributed by atoms with Crippen LogP contribution < -0.4 is 0 Å². The van der Waals surface area contributed by atoms with Crippen LogP contribution in [0.4, 0.5) is 0 Å². The van der Waals surface area contributed by atoms with Gasteiger partial charge in [0.2, 0.25) is 0 Å². The van der Waals surface area contributed by atoms with E-state index in [0.29, 0.717) is 12.7 Å². The number of allylic oxidation sites excluding steroid dienone is 3. The predicted molar refractivity (Wildman–Crippen MR) is 81.0 cm³/mol. The van der Waals surface area contributed by atoms with Crippen LogP contribution in [0.3, 0.4) is 0 Å². The van der Waals surface area contributed by atoms with E-state index in [2.05, 4.69) is 10.4 Å². The molecule has 0 atom stereocenters. The number of phenolic OH excluding ortho intramolecular Hbond substituents is 1. The van der Waals surface area contributed by atoms with Gasteiger partial charge in [-0.25, -0.2) is 0 Å². The molecule has 1 rings (SSSR count). The van der Waals surface area contributed by atoms with Crippen LogP contribution in [-0.2, 0) is 11.2 Å². The average molecular weight is 302 g/mol. The molecule has 0 aromatic heterocycles. The molecular weight excluding hydrogens is 288 g/mol. The molecule has 0 spiro atoms. The van der Waals surface area contributed by atoms with Crippen LogP contribution in [0.25, 0.3) is 0 Å². The number of phenols is 1. The zero-order valence-electron chi connectivity index (χ0n) is 11.5. The predicted octanol–water partition coefficient (Wildman–Crippen LogP) is 3.27. The number of hydrogen-bond donors (Lipinski definition) is 2. The van der Waals surface area contributed by atoms with Gasteiger partial charge in [0.25, 0.3) is 0 Å². The van der Waals surface area contributed by atoms with E-state index in [4.69, 9.17) is 10.2 Å². The zero-order valence-corrected chi connectivity index (χ0v) is 11.5. The van der Waals surface area contributed by atoms with E-state index < -0.39 is 0 Å². The molecule has 0 unspecified atom stereocenters. The summed E-state index contributed by atoms with van der Waals surface area (Å²) in [5.74, 6) is -0.212. The first kappa shape index (κ1) is 17.0. The fourth-order valence-electron chi connectivity index (χ4n) is 1.59. The fraction of sp³-hybridized carbons (Fsp3) is 0.133. The van der Waals surface area contributed by atoms with Crippen molar-refractivity contribution in [1.82, 2.24) is 0 Å². The molecule has 0 bridgehead atoms. The second-order valence-electron chi connectivity index (χ2n) is 4.27. The lowest BCUT2D eigenvalue weighted by Gasteiger charge is -1.99. The van der Waals surface area contributed by atoms with Crippen molar-refractivity contribution in [3.63, 3.8) is 0 Å². The molecule has 1 aromatic rings. The maximum atomic E-state index is 11.8. The Balaban J connectivity index is 2.72. The third-order valence-corrected chi connectivity index (χ3v) is 2.66. The Labute approximate surface area is 126 Å². The number of ketones is 1. The van der Waals surface area contributed by atoms with Gasteiger partial charge in [-0.15, -0.1) is 9.81 Å². The quantitative estimate of drug-likeness (QED) is 0.331. The SMILES string of the molecule is O=NC(=C\C(=O)CCc1ccc(O)cc1)/C=C(\C=C\O)N=O. The summed E-state index contributed by atoms with van der Waals surface area (Å²) >= 11 is 0. The van der Waals surface area contributed by atoms with Crippen LogP contribution in [0.1, 0.15) is 12.0 Å². The van der Waals surface area contributed by atoms with Gasteiger partial charge < -0.3 is 10.2 Å². The number of carbonyl (C=O) groups excluding carboxylic acids is 1. The van der Waals surface area contributed by atoms with Gasteiger partial charge in [0.1, 0.15) is 17.1 Å². The zero-order chi connectivity index (χ0) is 16.4. The van der Waals surface area contributed by atoms with Crippen molar-refractivity contribution < 1.29 is 15.0 Å². The summed E-state index contributed by atoms with van der Waals surface area (Å²) in [6.45, 7) is 0. The number of benzene rings is 1. The van der Waals surface area contributed by atoms with E-state index in [9.17, 15) is 14.6 Å². The van der Waals surface area contributed by atoms with Crippen molar-refractivity contribution in [3.8, 4) is 5.75 Å². The Morgan fingerprint density at radius 1 is 1.05 bits per heavy atom. The first-order valence-corrected chi connectivity index (χ1v) is 6.30. The number of carbonyl (C=O) groups is 1. The van der Waals surface area contributed by atoms with Gasteiger partial charge in [0.15, 0.2) is 5.78 Å². The number of nitroso groups, excluding NO2 is 2. The summed E-state index contributed by atoms with van der Waals surface area (Å²) < 4.78 is 0. The summed E-state index contributed by atoms with van der Waals surface area (Å²) in [6, 6.07) is 6.40. The van der Waals surface area contributed by atoms with Gasteiger partial charge >= 0.3 is 0 Å². The topological polar surface area (TPSA) is 116 Å². The second-order valence-corrected chi connectivity index (χ2v) is 4.27. The fourth-order valence-corrected chi connectivity index (χ4v) is 1.59. The van der Waals surface area contributed by atoms with Crippen LogP contribution >= 0.6 is 0 Å². The van der Waals surface area contributed by atoms with Crippen LogP contribution in [0.5, 0.6) is 5.75 Å². The summed E-state index contributed by atoms with van der Waals surface area (Å²) in [5.41, 5.74) is 0.359. The molecule has 0 radical (unpaired) electrons. The number of nitrogens with zero attached hydrogens (tertiary/aromatic N) is 2. The van der Waals surface area contributed by atoms with Gasteiger partial charge in [-0.05, 0) is 40.5 Å². The highest BCUT2D eigenvalue weighted by Gasteiger charge is 2.04. The summed E-state index contributed by atoms with van der Waals surface area (Å²) in [4.78, 5) is 32.8. The van der Waals surface area contributed by atoms with Crippen molar-refractivity contribution in [2.45, 2.75) is 12.8 Å². The normalized spacial score (nSPS) is 12.4. The molecule has 7 heteroatoms. The van der Waals surface area contributed by atoms with E-state index in [1.54, 1.807) is 12.1 Å². The molecule has 0 aliphatic heterocycles. The lowest BCUT2D eigenvalue weighted by molar-refractivity contribution is -0.114. The summed E-state index contributed by atoms with van der Waals surface area (Å²) in [6.07, 6.45) is 4.11. The number of aliphatic hydroxyl groups is 1. The first-order valence-electron chi connectivity index (χ1n) is 6.30. The Kier molecular flexibility index (Phi) is 6.91. The Morgan fingerprint density at radius 2 is 1.68 bits per heavy atom. The van der Waals surface area contributed by atoms with Crippen molar-refractivity contribution in [3.05, 3.63) is 75.5 Å². The van der Waals surface area contributed by atoms with E-state index in [1.807, 2.05) is 0 Å². The summed E-state index contributed by atoms with van der Waals surface area (Å²) in [5, 5.41) is 22.9. The second kappa shape index (κ2) is 8.96. The van der Waals surface area contributed by atoms with Crippen molar-refractivity contribution in [2.75, 3.05) is 0 Å². The third kappa shape index (κ3) is 5.91. The van der Waals surface area contributed by atoms with Crippen LogP contribution in [0.15, 0.2) is 70.5 Å². The number of hydrogen-bond acceptors (Lipinski definition) is 7. The van der Waals surface area contributed by atoms with E-state index in [1.165, 1.54) is 12.1 Å². The van der Waals surface area contributed by atoms with Crippen LogP contribution in [-0.4, -0.2) is 16.0 Å². The molecule has 0 aliphatic rings. The monoisotopic (exact) mass is 302 g/mol. The van der Waals surface area contributed by atoms with E-state index >= 15 is 0 Å².